The molecule has 2 rings (SSSR count). The Morgan fingerprint density at radius 2 is 2.00 bits per heavy atom. The van der Waals surface area contributed by atoms with Crippen molar-refractivity contribution in [1.29, 1.82) is 0 Å². The summed E-state index contributed by atoms with van der Waals surface area (Å²) < 4.78 is 0. The van der Waals surface area contributed by atoms with E-state index in [9.17, 15) is 0 Å². The van der Waals surface area contributed by atoms with Crippen molar-refractivity contribution >= 4 is 40.8 Å². The summed E-state index contributed by atoms with van der Waals surface area (Å²) >= 11 is 11.9. The summed E-state index contributed by atoms with van der Waals surface area (Å²) in [6, 6.07) is 7.31. The second-order valence-corrected chi connectivity index (χ2v) is 5.52. The monoisotopic (exact) mass is 340 g/mol. The van der Waals surface area contributed by atoms with E-state index in [1.54, 1.807) is 12.1 Å². The van der Waals surface area contributed by atoms with E-state index in [-0.39, 0.29) is 5.28 Å². The van der Waals surface area contributed by atoms with Crippen molar-refractivity contribution in [2.45, 2.75) is 6.42 Å². The van der Waals surface area contributed by atoms with Crippen LogP contribution >= 0.6 is 23.2 Å². The van der Waals surface area contributed by atoms with E-state index in [1.807, 2.05) is 31.1 Å². The van der Waals surface area contributed by atoms with Gasteiger partial charge in [0.2, 0.25) is 17.2 Å². The molecule has 0 saturated heterocycles. The molecule has 2 N–H and O–H groups in total. The molecule has 118 valence electrons. The summed E-state index contributed by atoms with van der Waals surface area (Å²) in [5.74, 6) is 0.915. The van der Waals surface area contributed by atoms with Crippen molar-refractivity contribution in [2.24, 2.45) is 0 Å². The first-order chi connectivity index (χ1) is 10.6. The lowest BCUT2D eigenvalue weighted by atomic mass is 10.3. The van der Waals surface area contributed by atoms with Crippen LogP contribution in [0, 0.1) is 0 Å². The fraction of sp³-hybridized carbons (Fsp3) is 0.357. The smallest absolute Gasteiger partial charge is 0.233 e. The van der Waals surface area contributed by atoms with Gasteiger partial charge in [0.1, 0.15) is 0 Å². The SMILES string of the molecule is CNCCCN(C)c1nc(Cl)nc(Nc2cccc(Cl)c2)n1. The van der Waals surface area contributed by atoms with Crippen LogP contribution in [0.4, 0.5) is 17.6 Å². The number of nitrogens with zero attached hydrogens (tertiary/aromatic N) is 4. The molecular formula is C14H18Cl2N6. The van der Waals surface area contributed by atoms with Crippen LogP contribution < -0.4 is 15.5 Å². The average molecular weight is 341 g/mol. The molecular weight excluding hydrogens is 323 g/mol. The Balaban J connectivity index is 2.12. The van der Waals surface area contributed by atoms with Gasteiger partial charge >= 0.3 is 0 Å². The van der Waals surface area contributed by atoms with E-state index in [2.05, 4.69) is 25.6 Å². The number of benzene rings is 1. The van der Waals surface area contributed by atoms with Crippen molar-refractivity contribution in [3.8, 4) is 0 Å². The number of rotatable bonds is 7. The summed E-state index contributed by atoms with van der Waals surface area (Å²) in [4.78, 5) is 14.6. The molecule has 0 atom stereocenters. The Morgan fingerprint density at radius 3 is 2.73 bits per heavy atom. The molecule has 0 amide bonds. The summed E-state index contributed by atoms with van der Waals surface area (Å²) in [7, 11) is 3.84. The fourth-order valence-electron chi connectivity index (χ4n) is 1.85. The van der Waals surface area contributed by atoms with E-state index in [4.69, 9.17) is 23.2 Å². The van der Waals surface area contributed by atoms with Crippen LogP contribution in [0.1, 0.15) is 6.42 Å². The van der Waals surface area contributed by atoms with E-state index < -0.39 is 0 Å². The molecule has 1 aromatic carbocycles. The van der Waals surface area contributed by atoms with Gasteiger partial charge in [-0.15, -0.1) is 0 Å². The first-order valence-corrected chi connectivity index (χ1v) is 7.64. The number of hydrogen-bond donors (Lipinski definition) is 2. The summed E-state index contributed by atoms with van der Waals surface area (Å²) in [5, 5.41) is 6.96. The third-order valence-corrected chi connectivity index (χ3v) is 3.34. The lowest BCUT2D eigenvalue weighted by molar-refractivity contribution is 0.703. The average Bonchev–Trinajstić information content (AvgIpc) is 2.46. The largest absolute Gasteiger partial charge is 0.344 e. The van der Waals surface area contributed by atoms with Gasteiger partial charge in [0.25, 0.3) is 0 Å². The van der Waals surface area contributed by atoms with Gasteiger partial charge in [0, 0.05) is 24.3 Å². The maximum Gasteiger partial charge on any atom is 0.233 e. The van der Waals surface area contributed by atoms with Gasteiger partial charge in [-0.3, -0.25) is 0 Å². The van der Waals surface area contributed by atoms with E-state index in [0.717, 1.165) is 25.2 Å². The number of nitrogens with one attached hydrogen (secondary N) is 2. The van der Waals surface area contributed by atoms with Crippen LogP contribution in [0.25, 0.3) is 0 Å². The van der Waals surface area contributed by atoms with Crippen molar-refractivity contribution in [3.05, 3.63) is 34.6 Å². The molecule has 0 radical (unpaired) electrons. The Bertz CT molecular complexity index is 622. The zero-order valence-corrected chi connectivity index (χ0v) is 14.0. The Kier molecular flexibility index (Phi) is 6.18. The fourth-order valence-corrected chi connectivity index (χ4v) is 2.20. The van der Waals surface area contributed by atoms with Crippen molar-refractivity contribution in [3.63, 3.8) is 0 Å². The molecule has 1 aromatic heterocycles. The van der Waals surface area contributed by atoms with Gasteiger partial charge in [-0.25, -0.2) is 0 Å². The van der Waals surface area contributed by atoms with Gasteiger partial charge in [-0.05, 0) is 49.8 Å². The maximum absolute atomic E-state index is 5.99. The maximum atomic E-state index is 5.99. The van der Waals surface area contributed by atoms with Crippen LogP contribution in [-0.2, 0) is 0 Å². The lowest BCUT2D eigenvalue weighted by Gasteiger charge is -2.17. The zero-order valence-electron chi connectivity index (χ0n) is 12.5. The zero-order chi connectivity index (χ0) is 15.9. The van der Waals surface area contributed by atoms with Gasteiger partial charge in [0.05, 0.1) is 0 Å². The molecule has 1 heterocycles. The minimum atomic E-state index is 0.148. The second kappa shape index (κ2) is 8.12. The number of halogens is 2. The molecule has 0 saturated carbocycles. The minimum absolute atomic E-state index is 0.148. The van der Waals surface area contributed by atoms with Crippen molar-refractivity contribution < 1.29 is 0 Å². The Labute approximate surface area is 139 Å². The Hall–Kier alpha value is -1.63. The Morgan fingerprint density at radius 1 is 1.18 bits per heavy atom. The molecule has 22 heavy (non-hydrogen) atoms. The number of aromatic nitrogens is 3. The van der Waals surface area contributed by atoms with E-state index in [1.165, 1.54) is 0 Å². The lowest BCUT2D eigenvalue weighted by Crippen LogP contribution is -2.24. The summed E-state index contributed by atoms with van der Waals surface area (Å²) in [6.45, 7) is 1.74. The molecule has 0 spiro atoms. The highest BCUT2D eigenvalue weighted by molar-refractivity contribution is 6.30. The normalized spacial score (nSPS) is 10.5. The van der Waals surface area contributed by atoms with E-state index in [0.29, 0.717) is 16.9 Å². The number of hydrogen-bond acceptors (Lipinski definition) is 6. The molecule has 0 unspecified atom stereocenters. The highest BCUT2D eigenvalue weighted by atomic mass is 35.5. The minimum Gasteiger partial charge on any atom is -0.344 e. The third kappa shape index (κ3) is 4.98. The first kappa shape index (κ1) is 16.7. The molecule has 6 nitrogen and oxygen atoms in total. The van der Waals surface area contributed by atoms with Crippen molar-refractivity contribution in [1.82, 2.24) is 20.3 Å². The van der Waals surface area contributed by atoms with E-state index >= 15 is 0 Å². The molecule has 8 heteroatoms. The van der Waals surface area contributed by atoms with Crippen LogP contribution in [0.15, 0.2) is 24.3 Å². The van der Waals surface area contributed by atoms with Gasteiger partial charge in [0.15, 0.2) is 0 Å². The van der Waals surface area contributed by atoms with Crippen LogP contribution in [0.3, 0.4) is 0 Å². The van der Waals surface area contributed by atoms with Crippen LogP contribution in [0.2, 0.25) is 10.3 Å². The predicted molar refractivity (Wildman–Crippen MR) is 91.4 cm³/mol. The first-order valence-electron chi connectivity index (χ1n) is 6.88. The predicted octanol–water partition coefficient (Wildman–Crippen LogP) is 2.97. The third-order valence-electron chi connectivity index (χ3n) is 2.94. The van der Waals surface area contributed by atoms with Crippen LogP contribution in [-0.4, -0.2) is 42.1 Å². The molecule has 0 aliphatic rings. The summed E-state index contributed by atoms with van der Waals surface area (Å²) in [6.07, 6.45) is 0.980. The standard InChI is InChI=1S/C14H18Cl2N6/c1-17-7-4-8-22(2)14-20-12(16)19-13(21-14)18-11-6-3-5-10(15)9-11/h3,5-6,9,17H,4,7-8H2,1-2H3,(H,18,19,20,21). The highest BCUT2D eigenvalue weighted by Crippen LogP contribution is 2.20. The molecule has 0 aliphatic heterocycles. The number of anilines is 3. The molecule has 2 aromatic rings. The molecule has 0 aliphatic carbocycles. The van der Waals surface area contributed by atoms with Gasteiger partial charge in [-0.2, -0.15) is 15.0 Å². The van der Waals surface area contributed by atoms with Gasteiger partial charge in [-0.1, -0.05) is 17.7 Å². The quantitative estimate of drug-likeness (QED) is 0.755. The summed E-state index contributed by atoms with van der Waals surface area (Å²) in [5.41, 5.74) is 0.790. The topological polar surface area (TPSA) is 66.0 Å². The second-order valence-electron chi connectivity index (χ2n) is 4.74. The molecule has 0 fully saturated rings. The van der Waals surface area contributed by atoms with Crippen LogP contribution in [0.5, 0.6) is 0 Å². The van der Waals surface area contributed by atoms with Crippen molar-refractivity contribution in [2.75, 3.05) is 37.4 Å². The van der Waals surface area contributed by atoms with Gasteiger partial charge < -0.3 is 15.5 Å². The highest BCUT2D eigenvalue weighted by Gasteiger charge is 2.09. The molecule has 0 bridgehead atoms.